The van der Waals surface area contributed by atoms with Crippen molar-refractivity contribution in [3.05, 3.63) is 52.8 Å². The molecule has 0 saturated carbocycles. The van der Waals surface area contributed by atoms with Crippen LogP contribution < -0.4 is 10.6 Å². The third-order valence-electron chi connectivity index (χ3n) is 3.12. The predicted octanol–water partition coefficient (Wildman–Crippen LogP) is 1.99. The number of benzene rings is 1. The average Bonchev–Trinajstić information content (AvgIpc) is 2.57. The molecule has 0 aliphatic carbocycles. The van der Waals surface area contributed by atoms with Crippen LogP contribution in [0, 0.1) is 0 Å². The average molecular weight is 349 g/mol. The summed E-state index contributed by atoms with van der Waals surface area (Å²) in [6.07, 6.45) is 1.95. The molecular formula is C16H17ClN4O3. The normalized spacial score (nSPS) is 10.2. The van der Waals surface area contributed by atoms with Gasteiger partial charge in [0.15, 0.2) is 5.69 Å². The molecule has 0 aliphatic rings. The number of carbonyl (C=O) groups excluding carboxylic acids is 1. The molecule has 8 heteroatoms. The standard InChI is InChI=1S/C16H17ClN4O3/c17-12-10-20-16(19-8-6-11-4-2-1-3-5-11)21-14(12)15(24)18-9-7-13(22)23/h1-5,10H,6-9H2,(H,18,24)(H,22,23)(H,19,20,21). The first-order valence-corrected chi connectivity index (χ1v) is 7.74. The number of carboxylic acid groups (broad SMARTS) is 1. The van der Waals surface area contributed by atoms with Crippen LogP contribution in [-0.4, -0.2) is 40.0 Å². The number of carboxylic acids is 1. The van der Waals surface area contributed by atoms with E-state index in [4.69, 9.17) is 16.7 Å². The number of aliphatic carboxylic acids is 1. The van der Waals surface area contributed by atoms with E-state index < -0.39 is 11.9 Å². The number of amides is 1. The van der Waals surface area contributed by atoms with Gasteiger partial charge in [-0.15, -0.1) is 0 Å². The fourth-order valence-electron chi connectivity index (χ4n) is 1.94. The number of anilines is 1. The lowest BCUT2D eigenvalue weighted by atomic mass is 10.1. The summed E-state index contributed by atoms with van der Waals surface area (Å²) in [5.74, 6) is -1.24. The van der Waals surface area contributed by atoms with Crippen LogP contribution >= 0.6 is 11.6 Å². The van der Waals surface area contributed by atoms with Gasteiger partial charge in [0.1, 0.15) is 0 Å². The number of carbonyl (C=O) groups is 2. The first-order chi connectivity index (χ1) is 11.6. The molecule has 0 saturated heterocycles. The van der Waals surface area contributed by atoms with E-state index in [1.807, 2.05) is 30.3 Å². The molecule has 1 heterocycles. The molecular weight excluding hydrogens is 332 g/mol. The minimum Gasteiger partial charge on any atom is -0.481 e. The van der Waals surface area contributed by atoms with Crippen molar-refractivity contribution in [1.29, 1.82) is 0 Å². The summed E-state index contributed by atoms with van der Waals surface area (Å²) in [4.78, 5) is 30.6. The second-order valence-electron chi connectivity index (χ2n) is 4.95. The van der Waals surface area contributed by atoms with Crippen molar-refractivity contribution >= 4 is 29.4 Å². The molecule has 24 heavy (non-hydrogen) atoms. The molecule has 0 bridgehead atoms. The van der Waals surface area contributed by atoms with E-state index in [0.29, 0.717) is 12.5 Å². The van der Waals surface area contributed by atoms with Crippen molar-refractivity contribution in [2.24, 2.45) is 0 Å². The van der Waals surface area contributed by atoms with E-state index in [0.717, 1.165) is 6.42 Å². The highest BCUT2D eigenvalue weighted by atomic mass is 35.5. The lowest BCUT2D eigenvalue weighted by molar-refractivity contribution is -0.136. The number of aromatic nitrogens is 2. The van der Waals surface area contributed by atoms with Crippen molar-refractivity contribution in [2.75, 3.05) is 18.4 Å². The lowest BCUT2D eigenvalue weighted by Crippen LogP contribution is -2.27. The number of nitrogens with one attached hydrogen (secondary N) is 2. The van der Waals surface area contributed by atoms with Gasteiger partial charge in [-0.3, -0.25) is 9.59 Å². The van der Waals surface area contributed by atoms with E-state index in [9.17, 15) is 9.59 Å². The minimum atomic E-state index is -0.993. The number of nitrogens with zero attached hydrogens (tertiary/aromatic N) is 2. The lowest BCUT2D eigenvalue weighted by Gasteiger charge is -2.08. The molecule has 0 spiro atoms. The van der Waals surface area contributed by atoms with Crippen LogP contribution in [0.25, 0.3) is 0 Å². The Labute approximate surface area is 144 Å². The van der Waals surface area contributed by atoms with Crippen LogP contribution in [0.15, 0.2) is 36.5 Å². The van der Waals surface area contributed by atoms with Gasteiger partial charge >= 0.3 is 5.97 Å². The van der Waals surface area contributed by atoms with E-state index in [-0.39, 0.29) is 23.7 Å². The van der Waals surface area contributed by atoms with Crippen molar-refractivity contribution in [2.45, 2.75) is 12.8 Å². The summed E-state index contributed by atoms with van der Waals surface area (Å²) in [6.45, 7) is 0.608. The predicted molar refractivity (Wildman–Crippen MR) is 90.3 cm³/mol. The Kier molecular flexibility index (Phi) is 6.51. The number of hydrogen-bond donors (Lipinski definition) is 3. The summed E-state index contributed by atoms with van der Waals surface area (Å²) in [7, 11) is 0. The van der Waals surface area contributed by atoms with Gasteiger partial charge in [0.25, 0.3) is 5.91 Å². The van der Waals surface area contributed by atoms with Crippen molar-refractivity contribution in [3.8, 4) is 0 Å². The Bertz CT molecular complexity index is 710. The van der Waals surface area contributed by atoms with Crippen LogP contribution in [-0.2, 0) is 11.2 Å². The molecule has 1 amide bonds. The number of halogens is 1. The maximum Gasteiger partial charge on any atom is 0.305 e. The Morgan fingerprint density at radius 2 is 1.92 bits per heavy atom. The molecule has 0 atom stereocenters. The maximum atomic E-state index is 12.0. The zero-order chi connectivity index (χ0) is 17.4. The van der Waals surface area contributed by atoms with Crippen LogP contribution in [0.3, 0.4) is 0 Å². The molecule has 0 radical (unpaired) electrons. The van der Waals surface area contributed by atoms with Gasteiger partial charge in [-0.1, -0.05) is 41.9 Å². The monoisotopic (exact) mass is 348 g/mol. The van der Waals surface area contributed by atoms with Gasteiger partial charge in [0.05, 0.1) is 17.6 Å². The van der Waals surface area contributed by atoms with Crippen LogP contribution in [0.5, 0.6) is 0 Å². The summed E-state index contributed by atoms with van der Waals surface area (Å²) in [6, 6.07) is 9.92. The van der Waals surface area contributed by atoms with Crippen LogP contribution in [0.2, 0.25) is 5.02 Å². The first-order valence-electron chi connectivity index (χ1n) is 7.36. The molecule has 0 fully saturated rings. The Hall–Kier alpha value is -2.67. The number of rotatable bonds is 8. The summed E-state index contributed by atoms with van der Waals surface area (Å²) in [5, 5.41) is 14.2. The molecule has 1 aromatic carbocycles. The van der Waals surface area contributed by atoms with Crippen molar-refractivity contribution in [3.63, 3.8) is 0 Å². The van der Waals surface area contributed by atoms with E-state index >= 15 is 0 Å². The minimum absolute atomic E-state index is 0.00523. The Morgan fingerprint density at radius 1 is 1.17 bits per heavy atom. The van der Waals surface area contributed by atoms with Crippen LogP contribution in [0.4, 0.5) is 5.95 Å². The Balaban J connectivity index is 1.92. The van der Waals surface area contributed by atoms with Gasteiger partial charge in [0.2, 0.25) is 5.95 Å². The smallest absolute Gasteiger partial charge is 0.305 e. The zero-order valence-corrected chi connectivity index (χ0v) is 13.6. The summed E-state index contributed by atoms with van der Waals surface area (Å²) >= 11 is 5.93. The molecule has 1 aromatic heterocycles. The molecule has 3 N–H and O–H groups in total. The zero-order valence-electron chi connectivity index (χ0n) is 12.8. The topological polar surface area (TPSA) is 104 Å². The van der Waals surface area contributed by atoms with Gasteiger partial charge in [-0.05, 0) is 12.0 Å². The quantitative estimate of drug-likeness (QED) is 0.674. The fraction of sp³-hybridized carbons (Fsp3) is 0.250. The van der Waals surface area contributed by atoms with Crippen molar-refractivity contribution in [1.82, 2.24) is 15.3 Å². The van der Waals surface area contributed by atoms with E-state index in [1.165, 1.54) is 11.8 Å². The van der Waals surface area contributed by atoms with Gasteiger partial charge < -0.3 is 15.7 Å². The first kappa shape index (κ1) is 17.7. The fourth-order valence-corrected chi connectivity index (χ4v) is 2.12. The maximum absolute atomic E-state index is 12.0. The third-order valence-corrected chi connectivity index (χ3v) is 3.40. The molecule has 2 aromatic rings. The second-order valence-corrected chi connectivity index (χ2v) is 5.36. The van der Waals surface area contributed by atoms with Gasteiger partial charge in [-0.25, -0.2) is 9.97 Å². The molecule has 7 nitrogen and oxygen atoms in total. The molecule has 2 rings (SSSR count). The van der Waals surface area contributed by atoms with Gasteiger partial charge in [0, 0.05) is 13.1 Å². The summed E-state index contributed by atoms with van der Waals surface area (Å²) in [5.41, 5.74) is 1.19. The highest BCUT2D eigenvalue weighted by molar-refractivity contribution is 6.33. The highest BCUT2D eigenvalue weighted by Gasteiger charge is 2.14. The number of hydrogen-bond acceptors (Lipinski definition) is 5. The molecule has 126 valence electrons. The van der Waals surface area contributed by atoms with E-state index in [2.05, 4.69) is 20.6 Å². The highest BCUT2D eigenvalue weighted by Crippen LogP contribution is 2.14. The SMILES string of the molecule is O=C(O)CCNC(=O)c1nc(NCCc2ccccc2)ncc1Cl. The summed E-state index contributed by atoms with van der Waals surface area (Å²) < 4.78 is 0. The Morgan fingerprint density at radius 3 is 2.62 bits per heavy atom. The molecule has 0 aliphatic heterocycles. The van der Waals surface area contributed by atoms with E-state index in [1.54, 1.807) is 0 Å². The van der Waals surface area contributed by atoms with Crippen LogP contribution in [0.1, 0.15) is 22.5 Å². The van der Waals surface area contributed by atoms with Gasteiger partial charge in [-0.2, -0.15) is 0 Å². The largest absolute Gasteiger partial charge is 0.481 e. The second kappa shape index (κ2) is 8.83. The van der Waals surface area contributed by atoms with Crippen molar-refractivity contribution < 1.29 is 14.7 Å². The molecule has 0 unspecified atom stereocenters. The third kappa shape index (κ3) is 5.51.